The smallest absolute Gasteiger partial charge is 0.235 e. The zero-order valence-electron chi connectivity index (χ0n) is 17.7. The number of benzene rings is 3. The highest BCUT2D eigenvalue weighted by molar-refractivity contribution is 6.02. The van der Waals surface area contributed by atoms with E-state index in [1.807, 2.05) is 66.7 Å². The molecule has 3 N–H and O–H groups in total. The van der Waals surface area contributed by atoms with Crippen LogP contribution in [-0.2, 0) is 10.2 Å². The number of nitrogens with zero attached hydrogens (tertiary/aromatic N) is 2. The molecule has 1 aliphatic rings. The van der Waals surface area contributed by atoms with Gasteiger partial charge in [-0.05, 0) is 35.6 Å². The number of nitrogens with two attached hydrogens (primary N) is 1. The summed E-state index contributed by atoms with van der Waals surface area (Å²) in [5.74, 6) is 0.307. The van der Waals surface area contributed by atoms with E-state index in [9.17, 15) is 4.79 Å². The van der Waals surface area contributed by atoms with Crippen LogP contribution in [0.2, 0.25) is 0 Å². The number of para-hydroxylation sites is 1. The third kappa shape index (κ3) is 3.62. The maximum Gasteiger partial charge on any atom is 0.235 e. The van der Waals surface area contributed by atoms with Crippen molar-refractivity contribution in [3.05, 3.63) is 96.8 Å². The lowest BCUT2D eigenvalue weighted by Crippen LogP contribution is -2.46. The molecule has 0 radical (unpaired) electrons. The van der Waals surface area contributed by atoms with Crippen molar-refractivity contribution in [2.24, 2.45) is 0 Å². The molecule has 32 heavy (non-hydrogen) atoms. The number of carbonyl (C=O) groups excluding carboxylic acids is 1. The highest BCUT2D eigenvalue weighted by Gasteiger charge is 2.45. The van der Waals surface area contributed by atoms with Gasteiger partial charge in [0.05, 0.1) is 5.41 Å². The summed E-state index contributed by atoms with van der Waals surface area (Å²) in [4.78, 5) is 21.7. The van der Waals surface area contributed by atoms with Crippen LogP contribution in [0.4, 0.5) is 11.6 Å². The van der Waals surface area contributed by atoms with Crippen LogP contribution in [0.5, 0.6) is 0 Å². The van der Waals surface area contributed by atoms with Crippen LogP contribution in [0.1, 0.15) is 24.8 Å². The Balaban J connectivity index is 1.42. The van der Waals surface area contributed by atoms with E-state index in [1.165, 1.54) is 0 Å². The molecular weight excluding hydrogens is 396 g/mol. The standard InChI is InChI=1S/C27H24N4O/c28-26-29-17-21(18-30-26)19-11-13-22(14-12-19)27(15-6-16-27)25(32)31-24-10-5-4-9-23(24)20-7-2-1-3-8-20/h1-5,7-14,17-18H,6,15-16H2,(H,31,32)(H2,28,29,30). The molecule has 1 saturated carbocycles. The average Bonchev–Trinajstić information content (AvgIpc) is 2.80. The van der Waals surface area contributed by atoms with Gasteiger partial charge in [0.15, 0.2) is 0 Å². The van der Waals surface area contributed by atoms with Gasteiger partial charge < -0.3 is 11.1 Å². The largest absolute Gasteiger partial charge is 0.368 e. The topological polar surface area (TPSA) is 80.9 Å². The summed E-state index contributed by atoms with van der Waals surface area (Å²) >= 11 is 0. The van der Waals surface area contributed by atoms with E-state index in [1.54, 1.807) is 12.4 Å². The van der Waals surface area contributed by atoms with Crippen molar-refractivity contribution in [2.75, 3.05) is 11.1 Å². The molecule has 158 valence electrons. The van der Waals surface area contributed by atoms with Crippen LogP contribution in [0.25, 0.3) is 22.3 Å². The average molecular weight is 421 g/mol. The first-order valence-corrected chi connectivity index (χ1v) is 10.8. The first-order chi connectivity index (χ1) is 15.7. The van der Waals surface area contributed by atoms with Gasteiger partial charge in [-0.2, -0.15) is 0 Å². The van der Waals surface area contributed by atoms with Gasteiger partial charge in [-0.15, -0.1) is 0 Å². The molecule has 1 fully saturated rings. The van der Waals surface area contributed by atoms with Crippen LogP contribution in [0, 0.1) is 0 Å². The van der Waals surface area contributed by atoms with E-state index in [4.69, 9.17) is 5.73 Å². The van der Waals surface area contributed by atoms with Crippen molar-refractivity contribution in [1.29, 1.82) is 0 Å². The Hall–Kier alpha value is -3.99. The van der Waals surface area contributed by atoms with Gasteiger partial charge in [0, 0.05) is 29.2 Å². The number of carbonyl (C=O) groups is 1. The van der Waals surface area contributed by atoms with Crippen molar-refractivity contribution in [1.82, 2.24) is 9.97 Å². The lowest BCUT2D eigenvalue weighted by atomic mass is 9.63. The van der Waals surface area contributed by atoms with Gasteiger partial charge in [-0.1, -0.05) is 79.2 Å². The van der Waals surface area contributed by atoms with Crippen molar-refractivity contribution in [3.63, 3.8) is 0 Å². The molecule has 1 amide bonds. The zero-order chi connectivity index (χ0) is 22.0. The molecule has 4 aromatic rings. The van der Waals surface area contributed by atoms with Crippen LogP contribution in [-0.4, -0.2) is 15.9 Å². The molecule has 5 rings (SSSR count). The lowest BCUT2D eigenvalue weighted by Gasteiger charge is -2.41. The third-order valence-corrected chi connectivity index (χ3v) is 6.34. The summed E-state index contributed by atoms with van der Waals surface area (Å²) < 4.78 is 0. The Kier molecular flexibility index (Phi) is 5.15. The number of nitrogens with one attached hydrogen (secondary N) is 1. The van der Waals surface area contributed by atoms with Crippen molar-refractivity contribution in [3.8, 4) is 22.3 Å². The summed E-state index contributed by atoms with van der Waals surface area (Å²) in [7, 11) is 0. The maximum atomic E-state index is 13.5. The highest BCUT2D eigenvalue weighted by Crippen LogP contribution is 2.45. The second-order valence-corrected chi connectivity index (χ2v) is 8.21. The van der Waals surface area contributed by atoms with Crippen LogP contribution >= 0.6 is 0 Å². The van der Waals surface area contributed by atoms with Gasteiger partial charge in [0.1, 0.15) is 0 Å². The Bertz CT molecular complexity index is 1230. The predicted molar refractivity (Wildman–Crippen MR) is 128 cm³/mol. The zero-order valence-corrected chi connectivity index (χ0v) is 17.7. The van der Waals surface area contributed by atoms with Crippen molar-refractivity contribution < 1.29 is 4.79 Å². The quantitative estimate of drug-likeness (QED) is 0.450. The monoisotopic (exact) mass is 420 g/mol. The van der Waals surface area contributed by atoms with Gasteiger partial charge >= 0.3 is 0 Å². The number of hydrogen-bond donors (Lipinski definition) is 2. The minimum absolute atomic E-state index is 0.0516. The number of anilines is 2. The van der Waals surface area contributed by atoms with Gasteiger partial charge in [-0.3, -0.25) is 4.79 Å². The number of aromatic nitrogens is 2. The lowest BCUT2D eigenvalue weighted by molar-refractivity contribution is -0.124. The first-order valence-electron chi connectivity index (χ1n) is 10.8. The van der Waals surface area contributed by atoms with Crippen LogP contribution in [0.3, 0.4) is 0 Å². The van der Waals surface area contributed by atoms with E-state index >= 15 is 0 Å². The molecule has 0 saturated heterocycles. The second-order valence-electron chi connectivity index (χ2n) is 8.21. The summed E-state index contributed by atoms with van der Waals surface area (Å²) in [5.41, 5.74) is 11.0. The molecule has 5 heteroatoms. The summed E-state index contributed by atoms with van der Waals surface area (Å²) in [6, 6.07) is 26.2. The summed E-state index contributed by atoms with van der Waals surface area (Å²) in [5, 5.41) is 3.23. The molecule has 1 heterocycles. The van der Waals surface area contributed by atoms with E-state index in [0.29, 0.717) is 0 Å². The molecule has 0 atom stereocenters. The molecule has 0 unspecified atom stereocenters. The Morgan fingerprint density at radius 1 is 0.781 bits per heavy atom. The minimum Gasteiger partial charge on any atom is -0.368 e. The maximum absolute atomic E-state index is 13.5. The molecule has 3 aromatic carbocycles. The fraction of sp³-hybridized carbons (Fsp3) is 0.148. The minimum atomic E-state index is -0.500. The highest BCUT2D eigenvalue weighted by atomic mass is 16.2. The predicted octanol–water partition coefficient (Wildman–Crippen LogP) is 5.45. The van der Waals surface area contributed by atoms with Crippen LogP contribution < -0.4 is 11.1 Å². The summed E-state index contributed by atoms with van der Waals surface area (Å²) in [6.45, 7) is 0. The molecule has 5 nitrogen and oxygen atoms in total. The SMILES string of the molecule is Nc1ncc(-c2ccc(C3(C(=O)Nc4ccccc4-c4ccccc4)CCC3)cc2)cn1. The number of hydrogen-bond acceptors (Lipinski definition) is 4. The number of rotatable bonds is 5. The first kappa shape index (κ1) is 19.9. The Labute approximate surface area is 187 Å². The van der Waals surface area contributed by atoms with Gasteiger partial charge in [0.2, 0.25) is 11.9 Å². The third-order valence-electron chi connectivity index (χ3n) is 6.34. The molecule has 0 spiro atoms. The summed E-state index contributed by atoms with van der Waals surface area (Å²) in [6.07, 6.45) is 6.15. The van der Waals surface area contributed by atoms with E-state index in [2.05, 4.69) is 27.4 Å². The Morgan fingerprint density at radius 2 is 1.44 bits per heavy atom. The fourth-order valence-corrected chi connectivity index (χ4v) is 4.35. The molecular formula is C27H24N4O. The normalized spacial score (nSPS) is 14.4. The molecule has 0 bridgehead atoms. The van der Waals surface area contributed by atoms with Gasteiger partial charge in [0.25, 0.3) is 0 Å². The second kappa shape index (κ2) is 8.27. The van der Waals surface area contributed by atoms with Crippen molar-refractivity contribution in [2.45, 2.75) is 24.7 Å². The number of amides is 1. The van der Waals surface area contributed by atoms with Gasteiger partial charge in [-0.25, -0.2) is 9.97 Å². The fourth-order valence-electron chi connectivity index (χ4n) is 4.35. The van der Waals surface area contributed by atoms with E-state index in [0.717, 1.165) is 52.8 Å². The Morgan fingerprint density at radius 3 is 2.09 bits per heavy atom. The molecule has 1 aliphatic carbocycles. The molecule has 0 aliphatic heterocycles. The van der Waals surface area contributed by atoms with Crippen LogP contribution in [0.15, 0.2) is 91.3 Å². The van der Waals surface area contributed by atoms with E-state index in [-0.39, 0.29) is 11.9 Å². The molecule has 1 aromatic heterocycles. The van der Waals surface area contributed by atoms with E-state index < -0.39 is 5.41 Å². The number of nitrogen functional groups attached to an aromatic ring is 1. The van der Waals surface area contributed by atoms with Crippen molar-refractivity contribution >= 4 is 17.5 Å².